The van der Waals surface area contributed by atoms with Gasteiger partial charge in [-0.05, 0) is 20.8 Å². The summed E-state index contributed by atoms with van der Waals surface area (Å²) in [4.78, 5) is 7.88. The molecule has 0 saturated carbocycles. The molecule has 0 bridgehead atoms. The Kier molecular flexibility index (Phi) is 3.27. The zero-order chi connectivity index (χ0) is 10.0. The quantitative estimate of drug-likeness (QED) is 0.803. The lowest BCUT2D eigenvalue weighted by Crippen LogP contribution is -2.35. The van der Waals surface area contributed by atoms with E-state index in [0.29, 0.717) is 12.6 Å². The average molecular weight is 199 g/mol. The lowest BCUT2D eigenvalue weighted by Gasteiger charge is -2.22. The van der Waals surface area contributed by atoms with Crippen molar-refractivity contribution in [1.29, 1.82) is 0 Å². The predicted octanol–water partition coefficient (Wildman–Crippen LogP) is 1.54. The van der Waals surface area contributed by atoms with E-state index in [1.807, 2.05) is 14.0 Å². The van der Waals surface area contributed by atoms with Crippen LogP contribution in [0, 0.1) is 13.8 Å². The molecule has 13 heavy (non-hydrogen) atoms. The van der Waals surface area contributed by atoms with Gasteiger partial charge in [0, 0.05) is 24.5 Å². The van der Waals surface area contributed by atoms with Crippen molar-refractivity contribution >= 4 is 16.5 Å². The first kappa shape index (κ1) is 10.5. The second kappa shape index (κ2) is 4.07. The van der Waals surface area contributed by atoms with Gasteiger partial charge in [-0.2, -0.15) is 0 Å². The van der Waals surface area contributed by atoms with Crippen LogP contribution in [0.25, 0.3) is 0 Å². The molecular formula is C9H17N3S. The average Bonchev–Trinajstić information content (AvgIpc) is 2.44. The molecule has 1 aromatic heterocycles. The van der Waals surface area contributed by atoms with Crippen molar-refractivity contribution in [1.82, 2.24) is 4.98 Å². The van der Waals surface area contributed by atoms with E-state index in [4.69, 9.17) is 5.73 Å². The molecule has 4 heteroatoms. The van der Waals surface area contributed by atoms with Gasteiger partial charge < -0.3 is 10.6 Å². The normalized spacial score (nSPS) is 13.0. The molecule has 1 atom stereocenters. The summed E-state index contributed by atoms with van der Waals surface area (Å²) in [6.07, 6.45) is 0. The van der Waals surface area contributed by atoms with Crippen molar-refractivity contribution < 1.29 is 0 Å². The third-order valence-electron chi connectivity index (χ3n) is 2.32. The summed E-state index contributed by atoms with van der Waals surface area (Å²) in [5.41, 5.74) is 6.71. The molecular weight excluding hydrogens is 182 g/mol. The van der Waals surface area contributed by atoms with E-state index in [-0.39, 0.29) is 0 Å². The number of likely N-dealkylation sites (N-methyl/N-ethyl adjacent to an activating group) is 1. The second-order valence-electron chi connectivity index (χ2n) is 3.33. The van der Waals surface area contributed by atoms with Crippen LogP contribution < -0.4 is 10.6 Å². The van der Waals surface area contributed by atoms with Gasteiger partial charge in [0.05, 0.1) is 5.69 Å². The Morgan fingerprint density at radius 2 is 2.15 bits per heavy atom. The van der Waals surface area contributed by atoms with Crippen LogP contribution in [0.1, 0.15) is 17.5 Å². The molecule has 74 valence electrons. The topological polar surface area (TPSA) is 42.2 Å². The number of aryl methyl sites for hydroxylation is 2. The Morgan fingerprint density at radius 3 is 2.54 bits per heavy atom. The standard InChI is InChI=1S/C9H17N3S/c1-6(5-10)12(4)9-11-7(2)8(3)13-9/h6H,5,10H2,1-4H3. The first-order chi connectivity index (χ1) is 6.06. The molecule has 0 spiro atoms. The molecule has 1 aromatic rings. The van der Waals surface area contributed by atoms with E-state index >= 15 is 0 Å². The maximum absolute atomic E-state index is 5.59. The zero-order valence-corrected chi connectivity index (χ0v) is 9.48. The van der Waals surface area contributed by atoms with Gasteiger partial charge in [0.15, 0.2) is 5.13 Å². The van der Waals surface area contributed by atoms with Crippen LogP contribution in [0.3, 0.4) is 0 Å². The lowest BCUT2D eigenvalue weighted by molar-refractivity contribution is 0.693. The van der Waals surface area contributed by atoms with Gasteiger partial charge in [-0.1, -0.05) is 0 Å². The summed E-state index contributed by atoms with van der Waals surface area (Å²) in [6.45, 7) is 6.90. The zero-order valence-electron chi connectivity index (χ0n) is 8.66. The van der Waals surface area contributed by atoms with Crippen LogP contribution in [0.2, 0.25) is 0 Å². The van der Waals surface area contributed by atoms with E-state index in [2.05, 4.69) is 23.7 Å². The molecule has 0 fully saturated rings. The van der Waals surface area contributed by atoms with Crippen molar-refractivity contribution in [3.63, 3.8) is 0 Å². The highest BCUT2D eigenvalue weighted by Gasteiger charge is 2.12. The predicted molar refractivity (Wildman–Crippen MR) is 58.5 cm³/mol. The summed E-state index contributed by atoms with van der Waals surface area (Å²) < 4.78 is 0. The number of hydrogen-bond acceptors (Lipinski definition) is 4. The van der Waals surface area contributed by atoms with Gasteiger partial charge in [-0.3, -0.25) is 0 Å². The molecule has 0 radical (unpaired) electrons. The fourth-order valence-electron chi connectivity index (χ4n) is 0.953. The number of aromatic nitrogens is 1. The minimum Gasteiger partial charge on any atom is -0.347 e. The molecule has 0 amide bonds. The lowest BCUT2D eigenvalue weighted by atomic mass is 10.3. The molecule has 0 aliphatic carbocycles. The van der Waals surface area contributed by atoms with Crippen LogP contribution in [0.5, 0.6) is 0 Å². The number of anilines is 1. The van der Waals surface area contributed by atoms with E-state index in [1.165, 1.54) is 4.88 Å². The molecule has 0 saturated heterocycles. The largest absolute Gasteiger partial charge is 0.347 e. The third kappa shape index (κ3) is 2.19. The summed E-state index contributed by atoms with van der Waals surface area (Å²) in [5.74, 6) is 0. The van der Waals surface area contributed by atoms with Crippen molar-refractivity contribution in [3.8, 4) is 0 Å². The number of rotatable bonds is 3. The van der Waals surface area contributed by atoms with Crippen LogP contribution in [0.15, 0.2) is 0 Å². The Labute approximate surface area is 83.6 Å². The van der Waals surface area contributed by atoms with Crippen molar-refractivity contribution in [2.45, 2.75) is 26.8 Å². The van der Waals surface area contributed by atoms with Crippen molar-refractivity contribution in [3.05, 3.63) is 10.6 Å². The van der Waals surface area contributed by atoms with E-state index in [0.717, 1.165) is 10.8 Å². The fraction of sp³-hybridized carbons (Fsp3) is 0.667. The molecule has 1 rings (SSSR count). The van der Waals surface area contributed by atoms with Crippen LogP contribution in [-0.4, -0.2) is 24.6 Å². The van der Waals surface area contributed by atoms with Crippen LogP contribution >= 0.6 is 11.3 Å². The second-order valence-corrected chi connectivity index (χ2v) is 4.52. The molecule has 0 aromatic carbocycles. The summed E-state index contributed by atoms with van der Waals surface area (Å²) >= 11 is 1.73. The van der Waals surface area contributed by atoms with E-state index in [9.17, 15) is 0 Å². The highest BCUT2D eigenvalue weighted by atomic mass is 32.1. The Bertz CT molecular complexity index is 263. The minimum absolute atomic E-state index is 0.352. The van der Waals surface area contributed by atoms with Gasteiger partial charge in [0.25, 0.3) is 0 Å². The van der Waals surface area contributed by atoms with Crippen molar-refractivity contribution in [2.75, 3.05) is 18.5 Å². The third-order valence-corrected chi connectivity index (χ3v) is 3.48. The smallest absolute Gasteiger partial charge is 0.185 e. The monoisotopic (exact) mass is 199 g/mol. The van der Waals surface area contributed by atoms with Gasteiger partial charge in [-0.15, -0.1) is 11.3 Å². The maximum atomic E-state index is 5.59. The number of thiazole rings is 1. The Balaban J connectivity index is 2.82. The molecule has 2 N–H and O–H groups in total. The molecule has 1 heterocycles. The van der Waals surface area contributed by atoms with E-state index in [1.54, 1.807) is 11.3 Å². The fourth-order valence-corrected chi connectivity index (χ4v) is 1.93. The number of nitrogens with two attached hydrogens (primary N) is 1. The summed E-state index contributed by atoms with van der Waals surface area (Å²) in [5, 5.41) is 1.06. The van der Waals surface area contributed by atoms with Gasteiger partial charge in [-0.25, -0.2) is 4.98 Å². The molecule has 0 aliphatic rings. The Hall–Kier alpha value is -0.610. The van der Waals surface area contributed by atoms with Gasteiger partial charge in [0.2, 0.25) is 0 Å². The van der Waals surface area contributed by atoms with Crippen LogP contribution in [0.4, 0.5) is 5.13 Å². The molecule has 3 nitrogen and oxygen atoms in total. The van der Waals surface area contributed by atoms with Crippen LogP contribution in [-0.2, 0) is 0 Å². The SMILES string of the molecule is Cc1nc(N(C)C(C)CN)sc1C. The molecule has 0 aliphatic heterocycles. The number of nitrogens with zero attached hydrogens (tertiary/aromatic N) is 2. The highest BCUT2D eigenvalue weighted by Crippen LogP contribution is 2.25. The summed E-state index contributed by atoms with van der Waals surface area (Å²) in [6, 6.07) is 0.352. The molecule has 1 unspecified atom stereocenters. The number of hydrogen-bond donors (Lipinski definition) is 1. The maximum Gasteiger partial charge on any atom is 0.185 e. The van der Waals surface area contributed by atoms with Gasteiger partial charge in [0.1, 0.15) is 0 Å². The van der Waals surface area contributed by atoms with Crippen molar-refractivity contribution in [2.24, 2.45) is 5.73 Å². The van der Waals surface area contributed by atoms with E-state index < -0.39 is 0 Å². The minimum atomic E-state index is 0.352. The summed E-state index contributed by atoms with van der Waals surface area (Å²) in [7, 11) is 2.04. The first-order valence-electron chi connectivity index (χ1n) is 4.43. The first-order valence-corrected chi connectivity index (χ1v) is 5.24. The highest BCUT2D eigenvalue weighted by molar-refractivity contribution is 7.15. The Morgan fingerprint density at radius 1 is 1.54 bits per heavy atom. The van der Waals surface area contributed by atoms with Gasteiger partial charge >= 0.3 is 0 Å².